The summed E-state index contributed by atoms with van der Waals surface area (Å²) >= 11 is 0. The minimum absolute atomic E-state index is 0.0405. The van der Waals surface area contributed by atoms with E-state index in [9.17, 15) is 4.79 Å². The molecule has 0 amide bonds. The van der Waals surface area contributed by atoms with E-state index in [1.807, 2.05) is 42.5 Å². The third kappa shape index (κ3) is 9.13. The van der Waals surface area contributed by atoms with Crippen molar-refractivity contribution in [1.29, 1.82) is 0 Å². The summed E-state index contributed by atoms with van der Waals surface area (Å²) in [6.07, 6.45) is 14.5. The highest BCUT2D eigenvalue weighted by molar-refractivity contribution is 6.06. The molecule has 2 aromatic rings. The highest BCUT2D eigenvalue weighted by Gasteiger charge is 2.02. The molecular formula is C27H36O2. The summed E-state index contributed by atoms with van der Waals surface area (Å²) in [5, 5.41) is 0. The van der Waals surface area contributed by atoms with Crippen LogP contribution in [0.5, 0.6) is 5.75 Å². The van der Waals surface area contributed by atoms with Gasteiger partial charge in [-0.3, -0.25) is 4.79 Å². The molecule has 156 valence electrons. The first-order valence-corrected chi connectivity index (χ1v) is 11.3. The Balaban J connectivity index is 1.79. The average Bonchev–Trinajstić information content (AvgIpc) is 2.76. The lowest BCUT2D eigenvalue weighted by Gasteiger charge is -2.06. The van der Waals surface area contributed by atoms with Crippen LogP contribution >= 0.6 is 0 Å². The van der Waals surface area contributed by atoms with Gasteiger partial charge in [-0.15, -0.1) is 0 Å². The number of hydrogen-bond donors (Lipinski definition) is 0. The van der Waals surface area contributed by atoms with Crippen molar-refractivity contribution in [3.8, 4) is 5.75 Å². The Bertz CT molecular complexity index is 726. The Hall–Kier alpha value is -2.35. The molecule has 2 nitrogen and oxygen atoms in total. The monoisotopic (exact) mass is 392 g/mol. The molecule has 0 aliphatic heterocycles. The first-order chi connectivity index (χ1) is 14.2. The number of carbonyl (C=O) groups excluding carboxylic acids is 1. The summed E-state index contributed by atoms with van der Waals surface area (Å²) in [5.74, 6) is 0.929. The van der Waals surface area contributed by atoms with Crippen molar-refractivity contribution >= 4 is 11.9 Å². The second-order valence-electron chi connectivity index (χ2n) is 7.68. The van der Waals surface area contributed by atoms with Crippen molar-refractivity contribution in [3.63, 3.8) is 0 Å². The third-order valence-corrected chi connectivity index (χ3v) is 5.13. The number of allylic oxidation sites excluding steroid dienone is 1. The average molecular weight is 393 g/mol. The van der Waals surface area contributed by atoms with Gasteiger partial charge in [0.15, 0.2) is 5.78 Å². The first kappa shape index (κ1) is 22.9. The largest absolute Gasteiger partial charge is 0.494 e. The fourth-order valence-electron chi connectivity index (χ4n) is 3.25. The minimum atomic E-state index is 0.0405. The van der Waals surface area contributed by atoms with Gasteiger partial charge in [-0.05, 0) is 48.6 Å². The van der Waals surface area contributed by atoms with Crippen LogP contribution in [0.2, 0.25) is 0 Å². The number of ether oxygens (including phenoxy) is 1. The maximum Gasteiger partial charge on any atom is 0.185 e. The van der Waals surface area contributed by atoms with Crippen molar-refractivity contribution in [2.24, 2.45) is 0 Å². The second kappa shape index (κ2) is 13.8. The lowest BCUT2D eigenvalue weighted by molar-refractivity contribution is 0.104. The van der Waals surface area contributed by atoms with E-state index in [-0.39, 0.29) is 5.78 Å². The number of unbranched alkanes of at least 4 members (excludes halogenated alkanes) is 6. The van der Waals surface area contributed by atoms with E-state index in [4.69, 9.17) is 4.74 Å². The highest BCUT2D eigenvalue weighted by Crippen LogP contribution is 2.15. The lowest BCUT2D eigenvalue weighted by Crippen LogP contribution is -1.97. The summed E-state index contributed by atoms with van der Waals surface area (Å²) in [6.45, 7) is 5.20. The van der Waals surface area contributed by atoms with Gasteiger partial charge >= 0.3 is 0 Å². The van der Waals surface area contributed by atoms with E-state index in [1.165, 1.54) is 50.5 Å². The molecular weight excluding hydrogens is 356 g/mol. The summed E-state index contributed by atoms with van der Waals surface area (Å²) in [4.78, 5) is 12.4. The molecule has 2 aromatic carbocycles. The van der Waals surface area contributed by atoms with Gasteiger partial charge in [0.2, 0.25) is 0 Å². The highest BCUT2D eigenvalue weighted by atomic mass is 16.5. The van der Waals surface area contributed by atoms with E-state index in [0.717, 1.165) is 36.3 Å². The number of aryl methyl sites for hydroxylation is 1. The molecule has 0 aromatic heterocycles. The van der Waals surface area contributed by atoms with Crippen LogP contribution in [0.3, 0.4) is 0 Å². The summed E-state index contributed by atoms with van der Waals surface area (Å²) < 4.78 is 5.76. The number of rotatable bonds is 14. The molecule has 0 heterocycles. The Morgan fingerprint density at radius 3 is 2.10 bits per heavy atom. The van der Waals surface area contributed by atoms with Gasteiger partial charge in [-0.1, -0.05) is 94.8 Å². The van der Waals surface area contributed by atoms with Crippen LogP contribution < -0.4 is 4.74 Å². The summed E-state index contributed by atoms with van der Waals surface area (Å²) in [6, 6.07) is 16.0. The Morgan fingerprint density at radius 2 is 1.45 bits per heavy atom. The van der Waals surface area contributed by atoms with Crippen molar-refractivity contribution in [3.05, 3.63) is 71.3 Å². The van der Waals surface area contributed by atoms with Crippen molar-refractivity contribution in [2.45, 2.75) is 71.6 Å². The quantitative estimate of drug-likeness (QED) is 0.187. The second-order valence-corrected chi connectivity index (χ2v) is 7.68. The number of hydrogen-bond acceptors (Lipinski definition) is 2. The van der Waals surface area contributed by atoms with Gasteiger partial charge in [0.25, 0.3) is 0 Å². The molecule has 0 atom stereocenters. The first-order valence-electron chi connectivity index (χ1n) is 11.3. The Morgan fingerprint density at radius 1 is 0.793 bits per heavy atom. The van der Waals surface area contributed by atoms with E-state index in [0.29, 0.717) is 0 Å². The normalized spacial score (nSPS) is 11.1. The van der Waals surface area contributed by atoms with Crippen molar-refractivity contribution < 1.29 is 9.53 Å². The van der Waals surface area contributed by atoms with Crippen LogP contribution in [0.15, 0.2) is 54.6 Å². The number of ketones is 1. The van der Waals surface area contributed by atoms with Gasteiger partial charge in [0.1, 0.15) is 5.75 Å². The van der Waals surface area contributed by atoms with E-state index < -0.39 is 0 Å². The van der Waals surface area contributed by atoms with Gasteiger partial charge < -0.3 is 4.74 Å². The topological polar surface area (TPSA) is 26.3 Å². The molecule has 0 aliphatic carbocycles. The molecule has 0 radical (unpaired) electrons. The molecule has 0 saturated carbocycles. The summed E-state index contributed by atoms with van der Waals surface area (Å²) in [5.41, 5.74) is 3.06. The van der Waals surface area contributed by atoms with Gasteiger partial charge in [-0.2, -0.15) is 0 Å². The Labute approximate surface area is 177 Å². The predicted molar refractivity (Wildman–Crippen MR) is 124 cm³/mol. The summed E-state index contributed by atoms with van der Waals surface area (Å²) in [7, 11) is 0. The number of carbonyl (C=O) groups is 1. The van der Waals surface area contributed by atoms with Gasteiger partial charge in [-0.25, -0.2) is 0 Å². The standard InChI is InChI=1S/C27H36O2/c1-3-5-7-9-11-23-12-17-25(18-13-23)27(28)21-16-24-14-19-26(20-15-24)29-22-10-8-6-4-2/h12-21H,3-11,22H2,1-2H3. The lowest BCUT2D eigenvalue weighted by atomic mass is 10.0. The molecule has 29 heavy (non-hydrogen) atoms. The Kier molecular flexibility index (Phi) is 10.9. The third-order valence-electron chi connectivity index (χ3n) is 5.13. The smallest absolute Gasteiger partial charge is 0.185 e. The van der Waals surface area contributed by atoms with Crippen LogP contribution in [0.1, 0.15) is 86.7 Å². The maximum atomic E-state index is 12.4. The molecule has 0 fully saturated rings. The molecule has 0 aliphatic rings. The van der Waals surface area contributed by atoms with Gasteiger partial charge in [0, 0.05) is 5.56 Å². The molecule has 0 bridgehead atoms. The predicted octanol–water partition coefficient (Wildman–Crippen LogP) is 7.66. The van der Waals surface area contributed by atoms with Crippen LogP contribution in [0.25, 0.3) is 6.08 Å². The van der Waals surface area contributed by atoms with Crippen LogP contribution in [0.4, 0.5) is 0 Å². The van der Waals surface area contributed by atoms with E-state index >= 15 is 0 Å². The van der Waals surface area contributed by atoms with E-state index in [2.05, 4.69) is 26.0 Å². The molecule has 0 unspecified atom stereocenters. The van der Waals surface area contributed by atoms with Crippen LogP contribution in [-0.2, 0) is 6.42 Å². The minimum Gasteiger partial charge on any atom is -0.494 e. The SMILES string of the molecule is CCCCCCOc1ccc(C=CC(=O)c2ccc(CCCCCC)cc2)cc1. The molecule has 0 N–H and O–H groups in total. The fraction of sp³-hybridized carbons (Fsp3) is 0.444. The zero-order valence-electron chi connectivity index (χ0n) is 18.2. The van der Waals surface area contributed by atoms with Crippen molar-refractivity contribution in [2.75, 3.05) is 6.61 Å². The molecule has 0 saturated heterocycles. The molecule has 2 rings (SSSR count). The maximum absolute atomic E-state index is 12.4. The van der Waals surface area contributed by atoms with E-state index in [1.54, 1.807) is 6.08 Å². The fourth-order valence-corrected chi connectivity index (χ4v) is 3.25. The van der Waals surface area contributed by atoms with Crippen molar-refractivity contribution in [1.82, 2.24) is 0 Å². The zero-order chi connectivity index (χ0) is 20.7. The van der Waals surface area contributed by atoms with Gasteiger partial charge in [0.05, 0.1) is 6.61 Å². The van der Waals surface area contributed by atoms with Crippen LogP contribution in [0, 0.1) is 0 Å². The molecule has 0 spiro atoms. The molecule has 2 heteroatoms. The van der Waals surface area contributed by atoms with Crippen LogP contribution in [-0.4, -0.2) is 12.4 Å². The zero-order valence-corrected chi connectivity index (χ0v) is 18.2. The number of benzene rings is 2.